The van der Waals surface area contributed by atoms with Crippen LogP contribution in [0.25, 0.3) is 11.3 Å². The second-order valence-electron chi connectivity index (χ2n) is 6.79. The van der Waals surface area contributed by atoms with Gasteiger partial charge in [0.25, 0.3) is 5.91 Å². The standard InChI is InChI=1S/C20H23N5O2/c1-3-25-18-7-8-24(11-16(18)17(12-26)22-25)20(27)15-6-4-5-14(9-15)19-10-21-13-23(19)2/h4-6,9-10,13,26H,3,7-8,11-12H2,1-2H3. The van der Waals surface area contributed by atoms with Crippen LogP contribution in [0.4, 0.5) is 0 Å². The maximum absolute atomic E-state index is 13.1. The number of aromatic nitrogens is 4. The Labute approximate surface area is 157 Å². The number of aliphatic hydroxyl groups excluding tert-OH is 1. The van der Waals surface area contributed by atoms with E-state index in [1.165, 1.54) is 0 Å². The molecule has 1 aromatic carbocycles. The first-order valence-corrected chi connectivity index (χ1v) is 9.16. The lowest BCUT2D eigenvalue weighted by Crippen LogP contribution is -2.36. The summed E-state index contributed by atoms with van der Waals surface area (Å²) in [7, 11) is 1.94. The van der Waals surface area contributed by atoms with E-state index in [0.29, 0.717) is 24.3 Å². The molecule has 0 atom stereocenters. The fourth-order valence-electron chi connectivity index (χ4n) is 3.75. The molecule has 4 rings (SSSR count). The van der Waals surface area contributed by atoms with E-state index < -0.39 is 0 Å². The second kappa shape index (κ2) is 7.00. The van der Waals surface area contributed by atoms with Gasteiger partial charge in [-0.15, -0.1) is 0 Å². The predicted octanol–water partition coefficient (Wildman–Crippen LogP) is 1.99. The third-order valence-electron chi connectivity index (χ3n) is 5.18. The van der Waals surface area contributed by atoms with Crippen LogP contribution in [0.2, 0.25) is 0 Å². The Kier molecular flexibility index (Phi) is 4.53. The highest BCUT2D eigenvalue weighted by molar-refractivity contribution is 5.95. The highest BCUT2D eigenvalue weighted by Crippen LogP contribution is 2.25. The van der Waals surface area contributed by atoms with Crippen molar-refractivity contribution in [1.82, 2.24) is 24.2 Å². The van der Waals surface area contributed by atoms with E-state index in [9.17, 15) is 9.90 Å². The third kappa shape index (κ3) is 3.04. The smallest absolute Gasteiger partial charge is 0.254 e. The van der Waals surface area contributed by atoms with Gasteiger partial charge in [-0.1, -0.05) is 12.1 Å². The number of imidazole rings is 1. The van der Waals surface area contributed by atoms with Crippen LogP contribution in [0.3, 0.4) is 0 Å². The highest BCUT2D eigenvalue weighted by Gasteiger charge is 2.27. The Balaban J connectivity index is 1.61. The fourth-order valence-corrected chi connectivity index (χ4v) is 3.75. The second-order valence-corrected chi connectivity index (χ2v) is 6.79. The van der Waals surface area contributed by atoms with Gasteiger partial charge in [-0.05, 0) is 19.1 Å². The summed E-state index contributed by atoms with van der Waals surface area (Å²) in [5, 5.41) is 14.1. The van der Waals surface area contributed by atoms with Crippen molar-refractivity contribution in [3.05, 3.63) is 59.3 Å². The molecule has 0 bridgehead atoms. The molecule has 7 heteroatoms. The van der Waals surface area contributed by atoms with Gasteiger partial charge in [0.1, 0.15) is 0 Å². The van der Waals surface area contributed by atoms with E-state index in [0.717, 1.165) is 35.5 Å². The summed E-state index contributed by atoms with van der Waals surface area (Å²) in [6.07, 6.45) is 4.30. The van der Waals surface area contributed by atoms with Crippen molar-refractivity contribution in [2.75, 3.05) is 6.54 Å². The Hall–Kier alpha value is -2.93. The summed E-state index contributed by atoms with van der Waals surface area (Å²) in [6.45, 7) is 3.84. The van der Waals surface area contributed by atoms with Crippen molar-refractivity contribution in [2.24, 2.45) is 7.05 Å². The Morgan fingerprint density at radius 1 is 1.33 bits per heavy atom. The van der Waals surface area contributed by atoms with Crippen molar-refractivity contribution in [2.45, 2.75) is 33.0 Å². The molecule has 140 valence electrons. The third-order valence-corrected chi connectivity index (χ3v) is 5.18. The number of nitrogens with zero attached hydrogens (tertiary/aromatic N) is 5. The Bertz CT molecular complexity index is 988. The number of benzene rings is 1. The molecule has 27 heavy (non-hydrogen) atoms. The lowest BCUT2D eigenvalue weighted by molar-refractivity contribution is 0.0732. The molecule has 2 aromatic heterocycles. The summed E-state index contributed by atoms with van der Waals surface area (Å²) in [4.78, 5) is 19.1. The van der Waals surface area contributed by atoms with E-state index in [1.807, 2.05) is 52.4 Å². The topological polar surface area (TPSA) is 76.2 Å². The van der Waals surface area contributed by atoms with Gasteiger partial charge >= 0.3 is 0 Å². The van der Waals surface area contributed by atoms with Crippen molar-refractivity contribution < 1.29 is 9.90 Å². The summed E-state index contributed by atoms with van der Waals surface area (Å²) in [6, 6.07) is 7.65. The molecule has 1 aliphatic rings. The minimum Gasteiger partial charge on any atom is -0.390 e. The number of aryl methyl sites for hydroxylation is 2. The quantitative estimate of drug-likeness (QED) is 0.767. The van der Waals surface area contributed by atoms with Crippen molar-refractivity contribution >= 4 is 5.91 Å². The predicted molar refractivity (Wildman–Crippen MR) is 101 cm³/mol. The summed E-state index contributed by atoms with van der Waals surface area (Å²) >= 11 is 0. The number of hydrogen-bond acceptors (Lipinski definition) is 4. The summed E-state index contributed by atoms with van der Waals surface area (Å²) in [5.74, 6) is -0.00203. The van der Waals surface area contributed by atoms with Crippen molar-refractivity contribution in [3.8, 4) is 11.3 Å². The van der Waals surface area contributed by atoms with Gasteiger partial charge in [0.15, 0.2) is 0 Å². The number of amides is 1. The minimum atomic E-state index is -0.104. The van der Waals surface area contributed by atoms with Crippen LogP contribution in [0.1, 0.15) is 34.2 Å². The molecule has 0 aliphatic carbocycles. The fraction of sp³-hybridized carbons (Fsp3) is 0.350. The molecule has 0 radical (unpaired) electrons. The average Bonchev–Trinajstić information content (AvgIpc) is 3.30. The molecule has 0 unspecified atom stereocenters. The normalized spacial score (nSPS) is 13.7. The number of carbonyl (C=O) groups excluding carboxylic acids is 1. The van der Waals surface area contributed by atoms with Gasteiger partial charge < -0.3 is 14.6 Å². The van der Waals surface area contributed by atoms with Crippen LogP contribution >= 0.6 is 0 Å². The zero-order valence-corrected chi connectivity index (χ0v) is 15.6. The molecular weight excluding hydrogens is 342 g/mol. The first kappa shape index (κ1) is 17.5. The Morgan fingerprint density at radius 2 is 2.19 bits per heavy atom. The van der Waals surface area contributed by atoms with Crippen molar-refractivity contribution in [1.29, 1.82) is 0 Å². The number of rotatable bonds is 4. The van der Waals surface area contributed by atoms with Gasteiger partial charge in [-0.3, -0.25) is 9.48 Å². The molecule has 3 aromatic rings. The van der Waals surface area contributed by atoms with E-state index in [-0.39, 0.29) is 12.5 Å². The molecule has 1 N–H and O–H groups in total. The maximum Gasteiger partial charge on any atom is 0.254 e. The van der Waals surface area contributed by atoms with E-state index in [1.54, 1.807) is 12.5 Å². The summed E-state index contributed by atoms with van der Waals surface area (Å²) < 4.78 is 3.87. The lowest BCUT2D eigenvalue weighted by atomic mass is 10.0. The zero-order valence-electron chi connectivity index (χ0n) is 15.6. The summed E-state index contributed by atoms with van der Waals surface area (Å²) in [5.41, 5.74) is 5.39. The number of aliphatic hydroxyl groups is 1. The van der Waals surface area contributed by atoms with Crippen LogP contribution in [0.5, 0.6) is 0 Å². The minimum absolute atomic E-state index is 0.00203. The zero-order chi connectivity index (χ0) is 19.0. The van der Waals surface area contributed by atoms with Gasteiger partial charge in [0, 0.05) is 55.5 Å². The molecule has 0 saturated carbocycles. The van der Waals surface area contributed by atoms with Crippen LogP contribution in [-0.2, 0) is 33.2 Å². The Morgan fingerprint density at radius 3 is 2.89 bits per heavy atom. The van der Waals surface area contributed by atoms with Crippen LogP contribution < -0.4 is 0 Å². The van der Waals surface area contributed by atoms with Gasteiger partial charge in [-0.2, -0.15) is 5.10 Å². The van der Waals surface area contributed by atoms with Gasteiger partial charge in [0.2, 0.25) is 0 Å². The van der Waals surface area contributed by atoms with Crippen LogP contribution in [0.15, 0.2) is 36.8 Å². The molecule has 3 heterocycles. The van der Waals surface area contributed by atoms with Gasteiger partial charge in [0.05, 0.1) is 30.5 Å². The SMILES string of the molecule is CCn1nc(CO)c2c1CCN(C(=O)c1cccc(-c3cncn3C)c1)C2. The van der Waals surface area contributed by atoms with E-state index in [4.69, 9.17) is 0 Å². The van der Waals surface area contributed by atoms with Crippen LogP contribution in [-0.4, -0.2) is 41.8 Å². The van der Waals surface area contributed by atoms with Gasteiger partial charge in [-0.25, -0.2) is 4.98 Å². The number of hydrogen-bond donors (Lipinski definition) is 1. The number of carbonyl (C=O) groups is 1. The first-order valence-electron chi connectivity index (χ1n) is 9.16. The molecule has 0 spiro atoms. The van der Waals surface area contributed by atoms with Crippen LogP contribution in [0, 0.1) is 0 Å². The monoisotopic (exact) mass is 365 g/mol. The van der Waals surface area contributed by atoms with E-state index in [2.05, 4.69) is 10.1 Å². The van der Waals surface area contributed by atoms with Crippen molar-refractivity contribution in [3.63, 3.8) is 0 Å². The highest BCUT2D eigenvalue weighted by atomic mass is 16.3. The molecule has 0 fully saturated rings. The maximum atomic E-state index is 13.1. The molecule has 1 amide bonds. The average molecular weight is 365 g/mol. The molecule has 0 saturated heterocycles. The largest absolute Gasteiger partial charge is 0.390 e. The first-order chi connectivity index (χ1) is 13.1. The lowest BCUT2D eigenvalue weighted by Gasteiger charge is -2.28. The molecule has 1 aliphatic heterocycles. The molecular formula is C20H23N5O2. The molecule has 7 nitrogen and oxygen atoms in total. The van der Waals surface area contributed by atoms with E-state index >= 15 is 0 Å². The number of fused-ring (bicyclic) bond motifs is 1.